The second-order valence-electron chi connectivity index (χ2n) is 3.40. The lowest BCUT2D eigenvalue weighted by atomic mass is 10.2. The first-order chi connectivity index (χ1) is 6.24. The average Bonchev–Trinajstić information content (AvgIpc) is 2.94. The van der Waals surface area contributed by atoms with Gasteiger partial charge in [0.05, 0.1) is 13.5 Å². The summed E-state index contributed by atoms with van der Waals surface area (Å²) in [5.41, 5.74) is 5.89. The monoisotopic (exact) mass is 203 g/mol. The van der Waals surface area contributed by atoms with Gasteiger partial charge in [-0.1, -0.05) is 0 Å². The van der Waals surface area contributed by atoms with Gasteiger partial charge in [0, 0.05) is 17.5 Å². The minimum Gasteiger partial charge on any atom is -0.469 e. The van der Waals surface area contributed by atoms with Crippen LogP contribution in [0.1, 0.15) is 19.3 Å². The predicted octanol–water partition coefficient (Wildman–Crippen LogP) is 1.02. The summed E-state index contributed by atoms with van der Waals surface area (Å²) in [6.07, 6.45) is 3.08. The molecule has 0 heterocycles. The highest BCUT2D eigenvalue weighted by molar-refractivity contribution is 7.99. The van der Waals surface area contributed by atoms with Gasteiger partial charge in [-0.2, -0.15) is 11.8 Å². The third kappa shape index (κ3) is 4.52. The van der Waals surface area contributed by atoms with Crippen molar-refractivity contribution in [3.63, 3.8) is 0 Å². The first-order valence-corrected chi connectivity index (χ1v) is 5.79. The van der Waals surface area contributed by atoms with Gasteiger partial charge in [-0.05, 0) is 18.8 Å². The summed E-state index contributed by atoms with van der Waals surface area (Å²) in [6.45, 7) is 0. The van der Waals surface area contributed by atoms with Crippen LogP contribution in [0.3, 0.4) is 0 Å². The molecule has 0 aromatic heterocycles. The van der Waals surface area contributed by atoms with Crippen molar-refractivity contribution in [3.8, 4) is 0 Å². The Bertz CT molecular complexity index is 171. The van der Waals surface area contributed by atoms with Gasteiger partial charge >= 0.3 is 5.97 Å². The molecule has 4 heteroatoms. The van der Waals surface area contributed by atoms with Crippen molar-refractivity contribution < 1.29 is 9.53 Å². The van der Waals surface area contributed by atoms with E-state index < -0.39 is 0 Å². The van der Waals surface area contributed by atoms with E-state index in [2.05, 4.69) is 4.74 Å². The van der Waals surface area contributed by atoms with Gasteiger partial charge in [-0.15, -0.1) is 0 Å². The Labute approximate surface area is 83.4 Å². The number of carbonyl (C=O) groups is 1. The number of carbonyl (C=O) groups excluding carboxylic acids is 1. The van der Waals surface area contributed by atoms with Gasteiger partial charge in [0.25, 0.3) is 0 Å². The van der Waals surface area contributed by atoms with E-state index in [-0.39, 0.29) is 5.97 Å². The Hall–Kier alpha value is -0.220. The Morgan fingerprint density at radius 1 is 1.69 bits per heavy atom. The zero-order chi connectivity index (χ0) is 9.68. The van der Waals surface area contributed by atoms with E-state index >= 15 is 0 Å². The van der Waals surface area contributed by atoms with Crippen molar-refractivity contribution in [2.24, 2.45) is 11.7 Å². The fraction of sp³-hybridized carbons (Fsp3) is 0.889. The minimum atomic E-state index is -0.132. The maximum Gasteiger partial charge on any atom is 0.306 e. The molecule has 3 nitrogen and oxygen atoms in total. The fourth-order valence-electron chi connectivity index (χ4n) is 1.14. The molecule has 1 unspecified atom stereocenters. The Morgan fingerprint density at radius 2 is 2.38 bits per heavy atom. The first-order valence-electron chi connectivity index (χ1n) is 4.64. The number of rotatable bonds is 6. The molecule has 0 aromatic carbocycles. The van der Waals surface area contributed by atoms with Gasteiger partial charge in [0.2, 0.25) is 0 Å². The van der Waals surface area contributed by atoms with Crippen LogP contribution in [0.2, 0.25) is 0 Å². The quantitative estimate of drug-likeness (QED) is 0.517. The molecule has 1 fully saturated rings. The number of hydrogen-bond acceptors (Lipinski definition) is 4. The van der Waals surface area contributed by atoms with E-state index in [1.807, 2.05) is 0 Å². The smallest absolute Gasteiger partial charge is 0.306 e. The van der Waals surface area contributed by atoms with Crippen LogP contribution in [0, 0.1) is 5.92 Å². The maximum absolute atomic E-state index is 10.7. The van der Waals surface area contributed by atoms with E-state index in [1.54, 1.807) is 11.8 Å². The molecule has 13 heavy (non-hydrogen) atoms. The molecule has 0 radical (unpaired) electrons. The number of hydrogen-bond donors (Lipinski definition) is 1. The molecule has 0 amide bonds. The van der Waals surface area contributed by atoms with Crippen LogP contribution in [0.15, 0.2) is 0 Å². The Balaban J connectivity index is 1.91. The van der Waals surface area contributed by atoms with Gasteiger partial charge in [-0.25, -0.2) is 0 Å². The zero-order valence-electron chi connectivity index (χ0n) is 7.99. The van der Waals surface area contributed by atoms with Crippen molar-refractivity contribution in [2.45, 2.75) is 25.3 Å². The van der Waals surface area contributed by atoms with Gasteiger partial charge < -0.3 is 10.5 Å². The van der Waals surface area contributed by atoms with Gasteiger partial charge in [0.15, 0.2) is 0 Å². The standard InChI is InChI=1S/C9H17NO2S/c1-12-9(11)4-5-13-6-8(10)7-2-3-7/h7-8H,2-6,10H2,1H3. The molecule has 1 aliphatic rings. The molecule has 1 aliphatic carbocycles. The lowest BCUT2D eigenvalue weighted by Crippen LogP contribution is -2.25. The molecule has 0 aliphatic heterocycles. The molecule has 1 rings (SSSR count). The number of ether oxygens (including phenoxy) is 1. The number of nitrogens with two attached hydrogens (primary N) is 1. The van der Waals surface area contributed by atoms with Crippen molar-refractivity contribution in [3.05, 3.63) is 0 Å². The van der Waals surface area contributed by atoms with Crippen LogP contribution in [-0.2, 0) is 9.53 Å². The Kier molecular flexibility index (Phi) is 4.59. The lowest BCUT2D eigenvalue weighted by Gasteiger charge is -2.08. The molecular formula is C9H17NO2S. The molecular weight excluding hydrogens is 186 g/mol. The van der Waals surface area contributed by atoms with Crippen LogP contribution in [0.5, 0.6) is 0 Å². The summed E-state index contributed by atoms with van der Waals surface area (Å²) < 4.78 is 4.53. The molecule has 1 atom stereocenters. The van der Waals surface area contributed by atoms with Crippen LogP contribution in [0.25, 0.3) is 0 Å². The van der Waals surface area contributed by atoms with E-state index in [4.69, 9.17) is 5.73 Å². The van der Waals surface area contributed by atoms with Crippen LogP contribution in [0.4, 0.5) is 0 Å². The van der Waals surface area contributed by atoms with Crippen LogP contribution < -0.4 is 5.73 Å². The van der Waals surface area contributed by atoms with Crippen LogP contribution in [-0.4, -0.2) is 30.6 Å². The molecule has 0 spiro atoms. The SMILES string of the molecule is COC(=O)CCSCC(N)C1CC1. The second-order valence-corrected chi connectivity index (χ2v) is 4.55. The largest absolute Gasteiger partial charge is 0.469 e. The highest BCUT2D eigenvalue weighted by atomic mass is 32.2. The molecule has 0 bridgehead atoms. The second kappa shape index (κ2) is 5.50. The lowest BCUT2D eigenvalue weighted by molar-refractivity contribution is -0.140. The van der Waals surface area contributed by atoms with E-state index in [0.717, 1.165) is 17.4 Å². The van der Waals surface area contributed by atoms with Crippen molar-refractivity contribution in [1.29, 1.82) is 0 Å². The zero-order valence-corrected chi connectivity index (χ0v) is 8.81. The third-order valence-corrected chi connectivity index (χ3v) is 3.33. The normalized spacial score (nSPS) is 18.3. The molecule has 76 valence electrons. The fourth-order valence-corrected chi connectivity index (χ4v) is 2.16. The number of esters is 1. The van der Waals surface area contributed by atoms with E-state index in [1.165, 1.54) is 20.0 Å². The van der Waals surface area contributed by atoms with Crippen LogP contribution >= 0.6 is 11.8 Å². The minimum absolute atomic E-state index is 0.132. The Morgan fingerprint density at radius 3 is 2.92 bits per heavy atom. The topological polar surface area (TPSA) is 52.3 Å². The summed E-state index contributed by atoms with van der Waals surface area (Å²) in [4.78, 5) is 10.7. The third-order valence-electron chi connectivity index (χ3n) is 2.22. The summed E-state index contributed by atoms with van der Waals surface area (Å²) in [5, 5.41) is 0. The summed E-state index contributed by atoms with van der Waals surface area (Å²) in [7, 11) is 1.42. The molecule has 0 aromatic rings. The average molecular weight is 203 g/mol. The summed E-state index contributed by atoms with van der Waals surface area (Å²) in [6, 6.07) is 0.336. The highest BCUT2D eigenvalue weighted by Gasteiger charge is 2.27. The summed E-state index contributed by atoms with van der Waals surface area (Å²) >= 11 is 1.75. The number of thioether (sulfide) groups is 1. The number of methoxy groups -OCH3 is 1. The van der Waals surface area contributed by atoms with E-state index in [9.17, 15) is 4.79 Å². The summed E-state index contributed by atoms with van der Waals surface area (Å²) in [5.74, 6) is 2.42. The highest BCUT2D eigenvalue weighted by Crippen LogP contribution is 2.32. The molecule has 2 N–H and O–H groups in total. The van der Waals surface area contributed by atoms with Gasteiger partial charge in [-0.3, -0.25) is 4.79 Å². The van der Waals surface area contributed by atoms with Crippen molar-refractivity contribution in [2.75, 3.05) is 18.6 Å². The molecule has 0 saturated heterocycles. The van der Waals surface area contributed by atoms with Gasteiger partial charge in [0.1, 0.15) is 0 Å². The van der Waals surface area contributed by atoms with E-state index in [0.29, 0.717) is 12.5 Å². The predicted molar refractivity (Wildman–Crippen MR) is 54.7 cm³/mol. The maximum atomic E-state index is 10.7. The van der Waals surface area contributed by atoms with Crippen molar-refractivity contribution in [1.82, 2.24) is 0 Å². The first kappa shape index (κ1) is 10.9. The van der Waals surface area contributed by atoms with Crippen molar-refractivity contribution >= 4 is 17.7 Å². The molecule has 1 saturated carbocycles.